The van der Waals surface area contributed by atoms with E-state index in [9.17, 15) is 4.79 Å². The molecule has 2 aromatic heterocycles. The first-order chi connectivity index (χ1) is 13.4. The van der Waals surface area contributed by atoms with Crippen LogP contribution in [0, 0.1) is 0 Å². The normalized spacial score (nSPS) is 14.2. The van der Waals surface area contributed by atoms with E-state index in [0.717, 1.165) is 29.3 Å². The zero-order chi connectivity index (χ0) is 19.7. The van der Waals surface area contributed by atoms with Gasteiger partial charge in [-0.2, -0.15) is 0 Å². The monoisotopic (exact) mass is 413 g/mol. The van der Waals surface area contributed by atoms with E-state index < -0.39 is 0 Å². The number of nitrogens with zero attached hydrogens (tertiary/aromatic N) is 4. The molecule has 0 radical (unpaired) electrons. The second-order valence-corrected chi connectivity index (χ2v) is 9.75. The Bertz CT molecular complexity index is 967. The van der Waals surface area contributed by atoms with E-state index in [-0.39, 0.29) is 11.3 Å². The van der Waals surface area contributed by atoms with Crippen LogP contribution in [0.3, 0.4) is 0 Å². The highest BCUT2D eigenvalue weighted by molar-refractivity contribution is 7.99. The van der Waals surface area contributed by atoms with Crippen molar-refractivity contribution in [1.29, 1.82) is 0 Å². The lowest BCUT2D eigenvalue weighted by molar-refractivity contribution is -0.113. The van der Waals surface area contributed by atoms with E-state index >= 15 is 0 Å². The molecule has 0 spiro atoms. The number of anilines is 1. The molecule has 1 aliphatic carbocycles. The largest absolute Gasteiger partial charge is 0.306 e. The number of thioether (sulfide) groups is 1. The molecule has 0 unspecified atom stereocenters. The molecule has 1 aromatic carbocycles. The van der Waals surface area contributed by atoms with E-state index in [4.69, 9.17) is 0 Å². The number of hydrogen-bond donors (Lipinski definition) is 1. The minimum atomic E-state index is -0.0840. The number of benzene rings is 1. The van der Waals surface area contributed by atoms with Crippen LogP contribution < -0.4 is 5.32 Å². The fraction of sp³-hybridized carbons (Fsp3) is 0.400. The molecule has 1 fully saturated rings. The lowest BCUT2D eigenvalue weighted by atomic mass is 9.86. The second-order valence-electron chi connectivity index (χ2n) is 7.95. The van der Waals surface area contributed by atoms with Crippen LogP contribution in [0.15, 0.2) is 41.1 Å². The number of rotatable bonds is 6. The summed E-state index contributed by atoms with van der Waals surface area (Å²) < 4.78 is 2.06. The summed E-state index contributed by atoms with van der Waals surface area (Å²) in [7, 11) is 0. The molecule has 0 saturated heterocycles. The maximum Gasteiger partial charge on any atom is 0.236 e. The third-order valence-corrected chi connectivity index (χ3v) is 6.32. The Kier molecular flexibility index (Phi) is 5.25. The van der Waals surface area contributed by atoms with Gasteiger partial charge in [0, 0.05) is 17.0 Å². The van der Waals surface area contributed by atoms with Crippen LogP contribution in [-0.4, -0.2) is 31.4 Å². The molecule has 146 valence electrons. The van der Waals surface area contributed by atoms with Gasteiger partial charge in [0.15, 0.2) is 10.3 Å². The van der Waals surface area contributed by atoms with Crippen molar-refractivity contribution in [2.45, 2.75) is 50.2 Å². The van der Waals surface area contributed by atoms with E-state index in [0.29, 0.717) is 16.9 Å². The molecule has 2 heterocycles. The van der Waals surface area contributed by atoms with Gasteiger partial charge in [0.25, 0.3) is 0 Å². The van der Waals surface area contributed by atoms with Crippen molar-refractivity contribution in [3.05, 3.63) is 41.5 Å². The Balaban J connectivity index is 1.35. The molecule has 6 nitrogen and oxygen atoms in total. The van der Waals surface area contributed by atoms with Crippen molar-refractivity contribution in [3.63, 3.8) is 0 Å². The molecule has 0 bridgehead atoms. The fourth-order valence-electron chi connectivity index (χ4n) is 2.83. The topological polar surface area (TPSA) is 72.7 Å². The maximum atomic E-state index is 12.3. The van der Waals surface area contributed by atoms with Gasteiger partial charge >= 0.3 is 0 Å². The number of amides is 1. The number of thiazole rings is 1. The van der Waals surface area contributed by atoms with Crippen LogP contribution in [0.4, 0.5) is 5.13 Å². The number of aromatic nitrogens is 4. The van der Waals surface area contributed by atoms with E-state index in [1.165, 1.54) is 28.7 Å². The van der Waals surface area contributed by atoms with Crippen LogP contribution in [-0.2, 0) is 10.2 Å². The van der Waals surface area contributed by atoms with Crippen molar-refractivity contribution >= 4 is 34.1 Å². The molecule has 4 rings (SSSR count). The van der Waals surface area contributed by atoms with Gasteiger partial charge < -0.3 is 9.88 Å². The Labute approximate surface area is 172 Å². The number of carbonyl (C=O) groups excluding carboxylic acids is 1. The van der Waals surface area contributed by atoms with Gasteiger partial charge in [-0.15, -0.1) is 21.5 Å². The Morgan fingerprint density at radius 1 is 1.29 bits per heavy atom. The summed E-state index contributed by atoms with van der Waals surface area (Å²) in [6.45, 7) is 6.59. The average Bonchev–Trinajstić information content (AvgIpc) is 3.21. The zero-order valence-corrected chi connectivity index (χ0v) is 17.8. The maximum absolute atomic E-state index is 12.3. The lowest BCUT2D eigenvalue weighted by Gasteiger charge is -2.18. The standard InChI is InChI=1S/C20H23N5OS2/c1-20(2,3)14-6-4-13(5-7-14)16-10-27-18(22-16)23-17(26)11-28-19-24-21-12-25(19)15-8-9-15/h4-7,10,12,15H,8-9,11H2,1-3H3,(H,22,23,26). The highest BCUT2D eigenvalue weighted by atomic mass is 32.2. The van der Waals surface area contributed by atoms with Crippen LogP contribution in [0.2, 0.25) is 0 Å². The van der Waals surface area contributed by atoms with Crippen LogP contribution >= 0.6 is 23.1 Å². The third kappa shape index (κ3) is 4.44. The first kappa shape index (κ1) is 19.1. The van der Waals surface area contributed by atoms with Crippen molar-refractivity contribution in [2.75, 3.05) is 11.1 Å². The van der Waals surface area contributed by atoms with Crippen LogP contribution in [0.5, 0.6) is 0 Å². The molecule has 1 aliphatic rings. The second kappa shape index (κ2) is 7.67. The number of hydrogen-bond acceptors (Lipinski definition) is 6. The molecular formula is C20H23N5OS2. The first-order valence-electron chi connectivity index (χ1n) is 9.29. The summed E-state index contributed by atoms with van der Waals surface area (Å²) in [5.74, 6) is 0.208. The summed E-state index contributed by atoms with van der Waals surface area (Å²) in [6, 6.07) is 8.95. The average molecular weight is 414 g/mol. The van der Waals surface area contributed by atoms with Gasteiger partial charge in [-0.05, 0) is 23.8 Å². The molecule has 0 aliphatic heterocycles. The minimum absolute atomic E-state index is 0.0840. The van der Waals surface area contributed by atoms with Gasteiger partial charge in [-0.25, -0.2) is 4.98 Å². The molecule has 1 saturated carbocycles. The Morgan fingerprint density at radius 3 is 2.71 bits per heavy atom. The highest BCUT2D eigenvalue weighted by Gasteiger charge is 2.26. The van der Waals surface area contributed by atoms with Crippen LogP contribution in [0.25, 0.3) is 11.3 Å². The van der Waals surface area contributed by atoms with Crippen molar-refractivity contribution in [1.82, 2.24) is 19.7 Å². The molecule has 1 N–H and O–H groups in total. The lowest BCUT2D eigenvalue weighted by Crippen LogP contribution is -2.14. The number of carbonyl (C=O) groups is 1. The SMILES string of the molecule is CC(C)(C)c1ccc(-c2csc(NC(=O)CSc3nncn3C3CC3)n2)cc1. The van der Waals surface area contributed by atoms with E-state index in [1.807, 2.05) is 5.38 Å². The first-order valence-corrected chi connectivity index (χ1v) is 11.2. The number of nitrogens with one attached hydrogen (secondary N) is 1. The zero-order valence-electron chi connectivity index (χ0n) is 16.2. The fourth-order valence-corrected chi connectivity index (χ4v) is 4.35. The Hall–Kier alpha value is -2.19. The van der Waals surface area contributed by atoms with Gasteiger partial charge in [-0.3, -0.25) is 4.79 Å². The molecule has 3 aromatic rings. The smallest absolute Gasteiger partial charge is 0.236 e. The summed E-state index contributed by atoms with van der Waals surface area (Å²) in [6.07, 6.45) is 4.07. The van der Waals surface area contributed by atoms with Gasteiger partial charge in [0.05, 0.1) is 11.4 Å². The van der Waals surface area contributed by atoms with Gasteiger partial charge in [0.2, 0.25) is 5.91 Å². The van der Waals surface area contributed by atoms with E-state index in [2.05, 4.69) is 70.1 Å². The van der Waals surface area contributed by atoms with E-state index in [1.54, 1.807) is 6.33 Å². The molecule has 8 heteroatoms. The predicted molar refractivity (Wildman–Crippen MR) is 114 cm³/mol. The van der Waals surface area contributed by atoms with Crippen molar-refractivity contribution in [3.8, 4) is 11.3 Å². The molecule has 1 amide bonds. The molecule has 28 heavy (non-hydrogen) atoms. The summed E-state index contributed by atoms with van der Waals surface area (Å²) in [5, 5.41) is 14.3. The van der Waals surface area contributed by atoms with Crippen molar-refractivity contribution in [2.24, 2.45) is 0 Å². The minimum Gasteiger partial charge on any atom is -0.306 e. The van der Waals surface area contributed by atoms with Gasteiger partial charge in [0.1, 0.15) is 6.33 Å². The Morgan fingerprint density at radius 2 is 2.04 bits per heavy atom. The van der Waals surface area contributed by atoms with Crippen LogP contribution in [0.1, 0.15) is 45.2 Å². The third-order valence-electron chi connectivity index (χ3n) is 4.61. The quantitative estimate of drug-likeness (QED) is 0.590. The summed E-state index contributed by atoms with van der Waals surface area (Å²) >= 11 is 2.85. The molecule has 0 atom stereocenters. The predicted octanol–water partition coefficient (Wildman–Crippen LogP) is 4.76. The summed E-state index contributed by atoms with van der Waals surface area (Å²) in [4.78, 5) is 16.8. The van der Waals surface area contributed by atoms with Gasteiger partial charge in [-0.1, -0.05) is 56.8 Å². The summed E-state index contributed by atoms with van der Waals surface area (Å²) in [5.41, 5.74) is 3.34. The molecular weight excluding hydrogens is 390 g/mol. The van der Waals surface area contributed by atoms with Crippen molar-refractivity contribution < 1.29 is 4.79 Å². The highest BCUT2D eigenvalue weighted by Crippen LogP contribution is 2.37.